The summed E-state index contributed by atoms with van der Waals surface area (Å²) in [6.45, 7) is 3.97. The number of rotatable bonds is 8. The van der Waals surface area contributed by atoms with Crippen molar-refractivity contribution in [3.05, 3.63) is 28.2 Å². The van der Waals surface area contributed by atoms with Crippen molar-refractivity contribution in [3.63, 3.8) is 0 Å². The van der Waals surface area contributed by atoms with E-state index in [1.54, 1.807) is 23.9 Å². The first-order valence-electron chi connectivity index (χ1n) is 5.99. The number of hydrogen-bond donors (Lipinski definition) is 2. The number of sulfonamides is 1. The molecule has 0 saturated heterocycles. The maximum atomic E-state index is 12.2. The zero-order valence-electron chi connectivity index (χ0n) is 11.1. The van der Waals surface area contributed by atoms with E-state index in [2.05, 4.69) is 26.0 Å². The molecule has 0 aliphatic heterocycles. The minimum atomic E-state index is -3.45. The molecule has 0 fully saturated rings. The minimum Gasteiger partial charge on any atom is -0.313 e. The molecule has 4 nitrogen and oxygen atoms in total. The van der Waals surface area contributed by atoms with Crippen LogP contribution in [0.5, 0.6) is 0 Å². The molecule has 0 unspecified atom stereocenters. The predicted octanol–water partition coefficient (Wildman–Crippen LogP) is 2.20. The second kappa shape index (κ2) is 8.26. The SMILES string of the molecule is CCNCc1ccc(Br)c(S(=O)(=O)NCCSC)c1. The molecule has 0 radical (unpaired) electrons. The monoisotopic (exact) mass is 366 g/mol. The van der Waals surface area contributed by atoms with Gasteiger partial charge in [0.05, 0.1) is 4.90 Å². The average Bonchev–Trinajstić information content (AvgIpc) is 2.37. The van der Waals surface area contributed by atoms with E-state index < -0.39 is 10.0 Å². The Labute approximate surface area is 127 Å². The molecule has 0 amide bonds. The minimum absolute atomic E-state index is 0.295. The van der Waals surface area contributed by atoms with Gasteiger partial charge in [0.15, 0.2) is 0 Å². The highest BCUT2D eigenvalue weighted by atomic mass is 79.9. The van der Waals surface area contributed by atoms with Crippen molar-refractivity contribution < 1.29 is 8.42 Å². The first kappa shape index (κ1) is 17.0. The second-order valence-electron chi connectivity index (χ2n) is 3.94. The van der Waals surface area contributed by atoms with Crippen molar-refractivity contribution in [2.24, 2.45) is 0 Å². The molecule has 0 bridgehead atoms. The Morgan fingerprint density at radius 3 is 2.74 bits per heavy atom. The highest BCUT2D eigenvalue weighted by Crippen LogP contribution is 2.23. The van der Waals surface area contributed by atoms with Crippen molar-refractivity contribution in [3.8, 4) is 0 Å². The zero-order chi connectivity index (χ0) is 14.3. The van der Waals surface area contributed by atoms with Crippen molar-refractivity contribution in [1.29, 1.82) is 0 Å². The van der Waals surface area contributed by atoms with Gasteiger partial charge >= 0.3 is 0 Å². The van der Waals surface area contributed by atoms with Crippen LogP contribution in [0.3, 0.4) is 0 Å². The summed E-state index contributed by atoms with van der Waals surface area (Å²) in [7, 11) is -3.45. The summed E-state index contributed by atoms with van der Waals surface area (Å²) in [4.78, 5) is 0.295. The first-order valence-corrected chi connectivity index (χ1v) is 9.66. The molecule has 0 aliphatic carbocycles. The Morgan fingerprint density at radius 2 is 2.11 bits per heavy atom. The van der Waals surface area contributed by atoms with E-state index in [1.807, 2.05) is 19.2 Å². The molecule has 1 rings (SSSR count). The normalized spacial score (nSPS) is 11.7. The molecule has 0 aromatic heterocycles. The molecule has 0 atom stereocenters. The summed E-state index contributed by atoms with van der Waals surface area (Å²) < 4.78 is 27.6. The van der Waals surface area contributed by atoms with E-state index in [0.717, 1.165) is 17.9 Å². The lowest BCUT2D eigenvalue weighted by Crippen LogP contribution is -2.26. The van der Waals surface area contributed by atoms with Gasteiger partial charge in [-0.2, -0.15) is 11.8 Å². The molecule has 2 N–H and O–H groups in total. The molecule has 7 heteroatoms. The summed E-state index contributed by atoms with van der Waals surface area (Å²) in [5, 5.41) is 3.18. The largest absolute Gasteiger partial charge is 0.313 e. The van der Waals surface area contributed by atoms with Crippen molar-refractivity contribution in [2.75, 3.05) is 25.1 Å². The fourth-order valence-corrected chi connectivity index (χ4v) is 3.97. The van der Waals surface area contributed by atoms with Gasteiger partial charge in [-0.3, -0.25) is 0 Å². The maximum absolute atomic E-state index is 12.2. The second-order valence-corrected chi connectivity index (χ2v) is 7.51. The quantitative estimate of drug-likeness (QED) is 0.692. The Bertz CT molecular complexity index is 506. The van der Waals surface area contributed by atoms with Gasteiger partial charge < -0.3 is 5.32 Å². The van der Waals surface area contributed by atoms with Crippen molar-refractivity contribution >= 4 is 37.7 Å². The molecule has 0 heterocycles. The lowest BCUT2D eigenvalue weighted by atomic mass is 10.2. The van der Waals surface area contributed by atoms with Gasteiger partial charge in [-0.05, 0) is 46.4 Å². The summed E-state index contributed by atoms with van der Waals surface area (Å²) in [5.41, 5.74) is 0.954. The third kappa shape index (κ3) is 5.43. The van der Waals surface area contributed by atoms with Crippen molar-refractivity contribution in [1.82, 2.24) is 10.0 Å². The van der Waals surface area contributed by atoms with Crippen LogP contribution in [0, 0.1) is 0 Å². The van der Waals surface area contributed by atoms with Gasteiger partial charge in [0.1, 0.15) is 0 Å². The van der Waals surface area contributed by atoms with Crippen LogP contribution < -0.4 is 10.0 Å². The van der Waals surface area contributed by atoms with Crippen LogP contribution in [0.4, 0.5) is 0 Å². The van der Waals surface area contributed by atoms with Gasteiger partial charge in [0.25, 0.3) is 0 Å². The summed E-state index contributed by atoms with van der Waals surface area (Å²) in [5.74, 6) is 0.758. The van der Waals surface area contributed by atoms with Gasteiger partial charge in [-0.15, -0.1) is 0 Å². The summed E-state index contributed by atoms with van der Waals surface area (Å²) in [6.07, 6.45) is 1.95. The first-order chi connectivity index (χ1) is 9.01. The van der Waals surface area contributed by atoms with E-state index in [4.69, 9.17) is 0 Å². The highest BCUT2D eigenvalue weighted by Gasteiger charge is 2.17. The number of benzene rings is 1. The smallest absolute Gasteiger partial charge is 0.241 e. The van der Waals surface area contributed by atoms with Crippen LogP contribution in [0.25, 0.3) is 0 Å². The fraction of sp³-hybridized carbons (Fsp3) is 0.500. The number of nitrogens with one attached hydrogen (secondary N) is 2. The van der Waals surface area contributed by atoms with Crippen LogP contribution >= 0.6 is 27.7 Å². The Kier molecular flexibility index (Phi) is 7.38. The molecule has 108 valence electrons. The predicted molar refractivity (Wildman–Crippen MR) is 85.1 cm³/mol. The van der Waals surface area contributed by atoms with E-state index in [0.29, 0.717) is 22.5 Å². The Morgan fingerprint density at radius 1 is 1.37 bits per heavy atom. The van der Waals surface area contributed by atoms with Crippen LogP contribution in [0.15, 0.2) is 27.6 Å². The maximum Gasteiger partial charge on any atom is 0.241 e. The molecule has 1 aromatic rings. The van der Waals surface area contributed by atoms with Crippen LogP contribution in [0.1, 0.15) is 12.5 Å². The molecular formula is C12H19BrN2O2S2. The van der Waals surface area contributed by atoms with Crippen LogP contribution in [0.2, 0.25) is 0 Å². The molecule has 19 heavy (non-hydrogen) atoms. The highest BCUT2D eigenvalue weighted by molar-refractivity contribution is 9.10. The van der Waals surface area contributed by atoms with E-state index in [9.17, 15) is 8.42 Å². The number of hydrogen-bond acceptors (Lipinski definition) is 4. The lowest BCUT2D eigenvalue weighted by molar-refractivity contribution is 0.583. The third-order valence-corrected chi connectivity index (χ3v) is 5.53. The summed E-state index contributed by atoms with van der Waals surface area (Å²) in [6, 6.07) is 5.39. The van der Waals surface area contributed by atoms with Crippen molar-refractivity contribution in [2.45, 2.75) is 18.4 Å². The lowest BCUT2D eigenvalue weighted by Gasteiger charge is -2.10. The molecule has 1 aromatic carbocycles. The summed E-state index contributed by atoms with van der Waals surface area (Å²) >= 11 is 4.91. The fourth-order valence-electron chi connectivity index (χ4n) is 1.49. The number of thioether (sulfide) groups is 1. The van der Waals surface area contributed by atoms with Gasteiger partial charge in [0, 0.05) is 23.3 Å². The Hall–Kier alpha value is -0.0800. The zero-order valence-corrected chi connectivity index (χ0v) is 14.3. The number of halogens is 1. The van der Waals surface area contributed by atoms with Crippen LogP contribution in [-0.4, -0.2) is 33.5 Å². The topological polar surface area (TPSA) is 58.2 Å². The molecule has 0 spiro atoms. The van der Waals surface area contributed by atoms with Gasteiger partial charge in [-0.25, -0.2) is 13.1 Å². The molecule has 0 aliphatic rings. The van der Waals surface area contributed by atoms with E-state index in [1.165, 1.54) is 0 Å². The van der Waals surface area contributed by atoms with E-state index in [-0.39, 0.29) is 0 Å². The third-order valence-electron chi connectivity index (χ3n) is 2.46. The van der Waals surface area contributed by atoms with Gasteiger partial charge in [-0.1, -0.05) is 13.0 Å². The average molecular weight is 367 g/mol. The van der Waals surface area contributed by atoms with Gasteiger partial charge in [0.2, 0.25) is 10.0 Å². The molecule has 0 saturated carbocycles. The van der Waals surface area contributed by atoms with E-state index >= 15 is 0 Å². The standard InChI is InChI=1S/C12H19BrN2O2S2/c1-3-14-9-10-4-5-11(13)12(8-10)19(16,17)15-6-7-18-2/h4-5,8,14-15H,3,6-7,9H2,1-2H3. The Balaban J connectivity index is 2.91. The molecular weight excluding hydrogens is 348 g/mol. The van der Waals surface area contributed by atoms with Crippen LogP contribution in [-0.2, 0) is 16.6 Å².